The van der Waals surface area contributed by atoms with Crippen molar-refractivity contribution in [2.75, 3.05) is 6.61 Å². The van der Waals surface area contributed by atoms with E-state index in [4.69, 9.17) is 4.43 Å². The first-order valence-corrected chi connectivity index (χ1v) is 13.3. The zero-order valence-corrected chi connectivity index (χ0v) is 17.4. The summed E-state index contributed by atoms with van der Waals surface area (Å²) in [6, 6.07) is 0. The Balaban J connectivity index is 3.00. The van der Waals surface area contributed by atoms with Crippen LogP contribution in [0.5, 0.6) is 0 Å². The van der Waals surface area contributed by atoms with Gasteiger partial charge in [-0.3, -0.25) is 0 Å². The van der Waals surface area contributed by atoms with Gasteiger partial charge in [-0.2, -0.15) is 0 Å². The SMILES string of the molecule is CCCCCCCCCCCCCCCCCCO[Si](C)(C)O. The van der Waals surface area contributed by atoms with Crippen LogP contribution in [-0.4, -0.2) is 20.0 Å². The summed E-state index contributed by atoms with van der Waals surface area (Å²) in [5.41, 5.74) is 0. The fourth-order valence-corrected chi connectivity index (χ4v) is 3.62. The van der Waals surface area contributed by atoms with E-state index in [1.165, 1.54) is 96.3 Å². The highest BCUT2D eigenvalue weighted by Crippen LogP contribution is 2.13. The van der Waals surface area contributed by atoms with Gasteiger partial charge in [0.2, 0.25) is 0 Å². The minimum atomic E-state index is -2.27. The van der Waals surface area contributed by atoms with Crippen molar-refractivity contribution in [3.63, 3.8) is 0 Å². The number of hydrogen-bond acceptors (Lipinski definition) is 2. The van der Waals surface area contributed by atoms with Crippen molar-refractivity contribution in [2.45, 2.75) is 123 Å². The van der Waals surface area contributed by atoms with Gasteiger partial charge in [-0.25, -0.2) is 0 Å². The highest BCUT2D eigenvalue weighted by Gasteiger charge is 2.17. The number of rotatable bonds is 18. The molecule has 0 aromatic heterocycles. The van der Waals surface area contributed by atoms with E-state index in [2.05, 4.69) is 6.92 Å². The second-order valence-electron chi connectivity index (χ2n) is 7.60. The average molecular weight is 345 g/mol. The molecule has 0 heterocycles. The summed E-state index contributed by atoms with van der Waals surface area (Å²) in [5.74, 6) is 0. The topological polar surface area (TPSA) is 29.5 Å². The molecular formula is C20H44O2Si. The second-order valence-corrected chi connectivity index (χ2v) is 10.8. The zero-order valence-electron chi connectivity index (χ0n) is 16.4. The fraction of sp³-hybridized carbons (Fsp3) is 1.00. The molecule has 0 spiro atoms. The molecule has 3 heteroatoms. The van der Waals surface area contributed by atoms with Crippen molar-refractivity contribution in [2.24, 2.45) is 0 Å². The lowest BCUT2D eigenvalue weighted by Crippen LogP contribution is -2.30. The lowest BCUT2D eigenvalue weighted by atomic mass is 10.0. The molecule has 0 fully saturated rings. The number of hydrogen-bond donors (Lipinski definition) is 1. The van der Waals surface area contributed by atoms with Crippen LogP contribution < -0.4 is 0 Å². The smallest absolute Gasteiger partial charge is 0.329 e. The first kappa shape index (κ1) is 23.1. The summed E-state index contributed by atoms with van der Waals surface area (Å²) in [4.78, 5) is 9.56. The quantitative estimate of drug-likeness (QED) is 0.215. The Kier molecular flexibility index (Phi) is 17.1. The lowest BCUT2D eigenvalue weighted by Gasteiger charge is -2.14. The van der Waals surface area contributed by atoms with Gasteiger partial charge >= 0.3 is 8.56 Å². The van der Waals surface area contributed by atoms with Gasteiger partial charge in [0.05, 0.1) is 0 Å². The third kappa shape index (κ3) is 22.1. The Bertz CT molecular complexity index is 226. The summed E-state index contributed by atoms with van der Waals surface area (Å²) < 4.78 is 5.44. The Labute approximate surface area is 147 Å². The normalized spacial score (nSPS) is 12.0. The Morgan fingerprint density at radius 3 is 1.17 bits per heavy atom. The molecule has 0 saturated heterocycles. The van der Waals surface area contributed by atoms with Crippen LogP contribution in [0.15, 0.2) is 0 Å². The van der Waals surface area contributed by atoms with Gasteiger partial charge in [-0.15, -0.1) is 0 Å². The minimum absolute atomic E-state index is 0.744. The van der Waals surface area contributed by atoms with E-state index >= 15 is 0 Å². The van der Waals surface area contributed by atoms with Crippen LogP contribution in [0, 0.1) is 0 Å². The van der Waals surface area contributed by atoms with Crippen molar-refractivity contribution in [1.82, 2.24) is 0 Å². The molecule has 0 unspecified atom stereocenters. The van der Waals surface area contributed by atoms with Gasteiger partial charge in [-0.1, -0.05) is 103 Å². The molecule has 0 atom stereocenters. The first-order chi connectivity index (χ1) is 11.1. The van der Waals surface area contributed by atoms with Gasteiger partial charge in [0, 0.05) is 6.61 Å². The summed E-state index contributed by atoms with van der Waals surface area (Å²) in [6.07, 6.45) is 22.3. The standard InChI is InChI=1S/C20H44O2Si/c1-4-5-6-7-8-9-10-11-12-13-14-15-16-17-18-19-20-22-23(2,3)21/h21H,4-20H2,1-3H3. The van der Waals surface area contributed by atoms with Gasteiger partial charge in [0.25, 0.3) is 0 Å². The molecule has 0 aliphatic carbocycles. The molecule has 0 aliphatic rings. The molecule has 23 heavy (non-hydrogen) atoms. The zero-order chi connectivity index (χ0) is 17.2. The van der Waals surface area contributed by atoms with Crippen molar-refractivity contribution >= 4 is 8.56 Å². The van der Waals surface area contributed by atoms with Gasteiger partial charge in [0.1, 0.15) is 0 Å². The summed E-state index contributed by atoms with van der Waals surface area (Å²) in [7, 11) is -2.27. The van der Waals surface area contributed by atoms with Crippen LogP contribution in [-0.2, 0) is 4.43 Å². The van der Waals surface area contributed by atoms with Crippen LogP contribution in [0.1, 0.15) is 110 Å². The van der Waals surface area contributed by atoms with Crippen LogP contribution >= 0.6 is 0 Å². The first-order valence-electron chi connectivity index (χ1n) is 10.4. The predicted octanol–water partition coefficient (Wildman–Crippen LogP) is 6.96. The van der Waals surface area contributed by atoms with Gasteiger partial charge < -0.3 is 9.22 Å². The van der Waals surface area contributed by atoms with E-state index in [0.29, 0.717) is 0 Å². The summed E-state index contributed by atoms with van der Waals surface area (Å²) >= 11 is 0. The number of unbranched alkanes of at least 4 members (excludes halogenated alkanes) is 15. The molecule has 0 aliphatic heterocycles. The summed E-state index contributed by atoms with van der Waals surface area (Å²) in [6.45, 7) is 6.70. The van der Waals surface area contributed by atoms with E-state index < -0.39 is 8.56 Å². The monoisotopic (exact) mass is 344 g/mol. The van der Waals surface area contributed by atoms with E-state index in [9.17, 15) is 4.80 Å². The Morgan fingerprint density at radius 2 is 0.870 bits per heavy atom. The van der Waals surface area contributed by atoms with Crippen LogP contribution in [0.25, 0.3) is 0 Å². The van der Waals surface area contributed by atoms with Gasteiger partial charge in [-0.05, 0) is 19.5 Å². The maximum absolute atomic E-state index is 9.56. The Hall–Kier alpha value is 0.137. The van der Waals surface area contributed by atoms with E-state index in [0.717, 1.165) is 13.0 Å². The van der Waals surface area contributed by atoms with Crippen LogP contribution in [0.2, 0.25) is 13.1 Å². The van der Waals surface area contributed by atoms with Gasteiger partial charge in [0.15, 0.2) is 0 Å². The van der Waals surface area contributed by atoms with E-state index in [1.54, 1.807) is 0 Å². The summed E-state index contributed by atoms with van der Waals surface area (Å²) in [5, 5.41) is 0. The molecule has 140 valence electrons. The van der Waals surface area contributed by atoms with Crippen molar-refractivity contribution in [3.8, 4) is 0 Å². The maximum atomic E-state index is 9.56. The fourth-order valence-electron chi connectivity index (χ4n) is 2.97. The molecule has 0 bridgehead atoms. The maximum Gasteiger partial charge on any atom is 0.329 e. The minimum Gasteiger partial charge on any atom is -0.411 e. The largest absolute Gasteiger partial charge is 0.411 e. The molecule has 1 N–H and O–H groups in total. The van der Waals surface area contributed by atoms with Crippen molar-refractivity contribution in [1.29, 1.82) is 0 Å². The second kappa shape index (κ2) is 17.0. The van der Waals surface area contributed by atoms with Crippen LogP contribution in [0.4, 0.5) is 0 Å². The Morgan fingerprint density at radius 1 is 0.565 bits per heavy atom. The van der Waals surface area contributed by atoms with E-state index in [1.807, 2.05) is 13.1 Å². The molecule has 0 radical (unpaired) electrons. The molecule has 0 aromatic rings. The van der Waals surface area contributed by atoms with E-state index in [-0.39, 0.29) is 0 Å². The average Bonchev–Trinajstić information content (AvgIpc) is 2.49. The molecule has 0 rings (SSSR count). The highest BCUT2D eigenvalue weighted by molar-refractivity contribution is 6.63. The van der Waals surface area contributed by atoms with Crippen LogP contribution in [0.3, 0.4) is 0 Å². The molecule has 2 nitrogen and oxygen atoms in total. The van der Waals surface area contributed by atoms with Crippen molar-refractivity contribution in [3.05, 3.63) is 0 Å². The lowest BCUT2D eigenvalue weighted by molar-refractivity contribution is 0.234. The molecule has 0 amide bonds. The predicted molar refractivity (Wildman–Crippen MR) is 105 cm³/mol. The molecule has 0 aromatic carbocycles. The third-order valence-electron chi connectivity index (χ3n) is 4.45. The molecular weight excluding hydrogens is 300 g/mol. The third-order valence-corrected chi connectivity index (χ3v) is 5.36. The van der Waals surface area contributed by atoms with Crippen molar-refractivity contribution < 1.29 is 9.22 Å². The molecule has 0 saturated carbocycles. The highest BCUT2D eigenvalue weighted by atomic mass is 28.4.